The summed E-state index contributed by atoms with van der Waals surface area (Å²) in [5, 5.41) is 3.05. The summed E-state index contributed by atoms with van der Waals surface area (Å²) in [6.07, 6.45) is 5.39. The van der Waals surface area contributed by atoms with Gasteiger partial charge in [0, 0.05) is 39.5 Å². The lowest BCUT2D eigenvalue weighted by molar-refractivity contribution is -0.120. The Hall–Kier alpha value is -2.12. The van der Waals surface area contributed by atoms with E-state index < -0.39 is 0 Å². The molecule has 3 aromatic rings. The second kappa shape index (κ2) is 16.1. The molecular formula is C29H37I2N5O2. The van der Waals surface area contributed by atoms with Gasteiger partial charge in [0.2, 0.25) is 5.91 Å². The van der Waals surface area contributed by atoms with E-state index in [0.717, 1.165) is 75.4 Å². The molecule has 0 saturated heterocycles. The number of methoxy groups -OCH3 is 1. The summed E-state index contributed by atoms with van der Waals surface area (Å²) in [6, 6.07) is 18.2. The van der Waals surface area contributed by atoms with Crippen LogP contribution in [0.15, 0.2) is 60.8 Å². The molecule has 0 unspecified atom stereocenters. The number of aromatic nitrogens is 1. The summed E-state index contributed by atoms with van der Waals surface area (Å²) in [4.78, 5) is 21.6. The molecule has 1 heterocycles. The lowest BCUT2D eigenvalue weighted by Gasteiger charge is -2.27. The molecule has 0 fully saturated rings. The van der Waals surface area contributed by atoms with E-state index in [4.69, 9.17) is 10.5 Å². The van der Waals surface area contributed by atoms with Gasteiger partial charge in [0.05, 0.1) is 19.2 Å². The monoisotopic (exact) mass is 741 g/mol. The van der Waals surface area contributed by atoms with Gasteiger partial charge in [0.15, 0.2) is 0 Å². The molecule has 0 aliphatic heterocycles. The van der Waals surface area contributed by atoms with E-state index in [1.165, 1.54) is 5.56 Å². The number of nitrogens with two attached hydrogens (primary N) is 1. The third-order valence-corrected chi connectivity index (χ3v) is 8.08. The average Bonchev–Trinajstić information content (AvgIpc) is 2.92. The van der Waals surface area contributed by atoms with Crippen LogP contribution in [0, 0.1) is 7.14 Å². The Labute approximate surface area is 253 Å². The first-order chi connectivity index (χ1) is 18.4. The van der Waals surface area contributed by atoms with Crippen LogP contribution in [0.3, 0.4) is 0 Å². The summed E-state index contributed by atoms with van der Waals surface area (Å²) in [7, 11) is 3.85. The van der Waals surface area contributed by atoms with Gasteiger partial charge in [-0.15, -0.1) is 0 Å². The van der Waals surface area contributed by atoms with E-state index in [-0.39, 0.29) is 5.91 Å². The van der Waals surface area contributed by atoms with Crippen molar-refractivity contribution in [3.63, 3.8) is 0 Å². The molecule has 204 valence electrons. The lowest BCUT2D eigenvalue weighted by Crippen LogP contribution is -2.34. The number of carbonyl (C=O) groups is 1. The van der Waals surface area contributed by atoms with Crippen LogP contribution < -0.4 is 20.7 Å². The van der Waals surface area contributed by atoms with Crippen LogP contribution in [0.5, 0.6) is 5.75 Å². The van der Waals surface area contributed by atoms with E-state index >= 15 is 0 Å². The summed E-state index contributed by atoms with van der Waals surface area (Å²) in [5.74, 6) is 1.91. The van der Waals surface area contributed by atoms with Gasteiger partial charge in [-0.05, 0) is 119 Å². The maximum atomic E-state index is 12.3. The van der Waals surface area contributed by atoms with Gasteiger partial charge in [-0.3, -0.25) is 4.79 Å². The van der Waals surface area contributed by atoms with Crippen molar-refractivity contribution >= 4 is 62.6 Å². The average molecular weight is 741 g/mol. The van der Waals surface area contributed by atoms with Gasteiger partial charge in [0.25, 0.3) is 0 Å². The number of nitrogens with zero attached hydrogens (tertiary/aromatic N) is 3. The Morgan fingerprint density at radius 2 is 1.71 bits per heavy atom. The number of pyridine rings is 1. The molecule has 0 spiro atoms. The highest BCUT2D eigenvalue weighted by Crippen LogP contribution is 2.24. The fraction of sp³-hybridized carbons (Fsp3) is 0.379. The fourth-order valence-electron chi connectivity index (χ4n) is 4.07. The van der Waals surface area contributed by atoms with Crippen molar-refractivity contribution in [1.82, 2.24) is 15.2 Å². The Balaban J connectivity index is 1.35. The third kappa shape index (κ3) is 10.2. The van der Waals surface area contributed by atoms with Crippen LogP contribution in [0.1, 0.15) is 30.4 Å². The minimum absolute atomic E-state index is 0.0602. The number of amides is 1. The van der Waals surface area contributed by atoms with E-state index in [2.05, 4.69) is 90.5 Å². The highest BCUT2D eigenvalue weighted by Gasteiger charge is 2.11. The van der Waals surface area contributed by atoms with Crippen molar-refractivity contribution in [1.29, 1.82) is 0 Å². The molecule has 3 rings (SSSR count). The molecule has 3 N–H and O–H groups in total. The van der Waals surface area contributed by atoms with Crippen molar-refractivity contribution in [2.45, 2.75) is 32.2 Å². The van der Waals surface area contributed by atoms with Crippen LogP contribution >= 0.6 is 45.2 Å². The normalized spacial score (nSPS) is 11.0. The molecule has 1 aromatic heterocycles. The van der Waals surface area contributed by atoms with Gasteiger partial charge < -0.3 is 25.6 Å². The molecule has 0 saturated carbocycles. The minimum atomic E-state index is 0.0602. The van der Waals surface area contributed by atoms with Crippen molar-refractivity contribution in [3.8, 4) is 5.75 Å². The van der Waals surface area contributed by atoms with Gasteiger partial charge in [0.1, 0.15) is 11.6 Å². The molecule has 38 heavy (non-hydrogen) atoms. The van der Waals surface area contributed by atoms with Crippen LogP contribution in [-0.4, -0.2) is 56.1 Å². The molecule has 2 aromatic carbocycles. The number of rotatable bonds is 15. The molecule has 9 heteroatoms. The number of hydrogen-bond donors (Lipinski definition) is 2. The van der Waals surface area contributed by atoms with Crippen molar-refractivity contribution < 1.29 is 9.53 Å². The number of carbonyl (C=O) groups excluding carboxylic acids is 1. The number of nitrogens with one attached hydrogen (secondary N) is 1. The minimum Gasteiger partial charge on any atom is -0.497 e. The largest absolute Gasteiger partial charge is 0.497 e. The van der Waals surface area contributed by atoms with Crippen molar-refractivity contribution in [2.75, 3.05) is 51.0 Å². The predicted octanol–water partition coefficient (Wildman–Crippen LogP) is 5.35. The quantitative estimate of drug-likeness (QED) is 0.124. The maximum Gasteiger partial charge on any atom is 0.224 e. The first kappa shape index (κ1) is 30.4. The van der Waals surface area contributed by atoms with Gasteiger partial charge in [-0.25, -0.2) is 4.98 Å². The topological polar surface area (TPSA) is 83.7 Å². The summed E-state index contributed by atoms with van der Waals surface area (Å²) >= 11 is 4.43. The number of likely N-dealkylation sites (N-methyl/N-ethyl adjacent to an activating group) is 1. The highest BCUT2D eigenvalue weighted by molar-refractivity contribution is 14.1. The van der Waals surface area contributed by atoms with Gasteiger partial charge in [-0.2, -0.15) is 0 Å². The first-order valence-corrected chi connectivity index (χ1v) is 15.0. The number of hydrogen-bond acceptors (Lipinski definition) is 6. The third-order valence-electron chi connectivity index (χ3n) is 6.30. The van der Waals surface area contributed by atoms with Crippen LogP contribution in [-0.2, 0) is 17.8 Å². The zero-order chi connectivity index (χ0) is 27.3. The van der Waals surface area contributed by atoms with Crippen molar-refractivity contribution in [2.24, 2.45) is 0 Å². The molecule has 0 aliphatic carbocycles. The Kier molecular flexibility index (Phi) is 12.9. The molecule has 0 atom stereocenters. The van der Waals surface area contributed by atoms with Crippen LogP contribution in [0.2, 0.25) is 0 Å². The second-order valence-electron chi connectivity index (χ2n) is 9.32. The summed E-state index contributed by atoms with van der Waals surface area (Å²) in [5.41, 5.74) is 9.00. The number of anilines is 2. The molecule has 7 nitrogen and oxygen atoms in total. The highest BCUT2D eigenvalue weighted by atomic mass is 127. The van der Waals surface area contributed by atoms with E-state index in [9.17, 15) is 4.79 Å². The van der Waals surface area contributed by atoms with E-state index in [1.807, 2.05) is 42.6 Å². The number of nitrogen functional groups attached to an aromatic ring is 1. The van der Waals surface area contributed by atoms with Crippen LogP contribution in [0.25, 0.3) is 0 Å². The van der Waals surface area contributed by atoms with E-state index in [0.29, 0.717) is 13.0 Å². The predicted molar refractivity (Wildman–Crippen MR) is 173 cm³/mol. The Morgan fingerprint density at radius 3 is 2.37 bits per heavy atom. The Morgan fingerprint density at radius 1 is 0.974 bits per heavy atom. The first-order valence-electron chi connectivity index (χ1n) is 12.8. The van der Waals surface area contributed by atoms with Crippen molar-refractivity contribution in [3.05, 3.63) is 79.1 Å². The molecule has 0 radical (unpaired) electrons. The zero-order valence-electron chi connectivity index (χ0n) is 22.1. The molecule has 0 bridgehead atoms. The number of unbranched alkanes of at least 4 members (excludes halogenated alkanes) is 2. The summed E-state index contributed by atoms with van der Waals surface area (Å²) in [6.45, 7) is 4.36. The lowest BCUT2D eigenvalue weighted by atomic mass is 10.1. The summed E-state index contributed by atoms with van der Waals surface area (Å²) < 4.78 is 7.27. The second-order valence-corrected chi connectivity index (χ2v) is 11.6. The zero-order valence-corrected chi connectivity index (χ0v) is 26.4. The number of benzene rings is 2. The number of ether oxygens (including phenoxy) is 1. The molecule has 0 aliphatic rings. The fourth-order valence-corrected chi connectivity index (χ4v) is 5.97. The number of halogens is 2. The SMILES string of the molecule is COc1ccc(CN(CCN(C)CCCCCNC(=O)Cc2cc(I)c(N)c(I)c2)c2ccccn2)cc1. The van der Waals surface area contributed by atoms with E-state index in [1.54, 1.807) is 7.11 Å². The maximum absolute atomic E-state index is 12.3. The smallest absolute Gasteiger partial charge is 0.224 e. The molecule has 1 amide bonds. The molecular weight excluding hydrogens is 704 g/mol. The van der Waals surface area contributed by atoms with Gasteiger partial charge >= 0.3 is 0 Å². The van der Waals surface area contributed by atoms with Gasteiger partial charge in [-0.1, -0.05) is 24.6 Å². The Bertz CT molecular complexity index is 1120. The van der Waals surface area contributed by atoms with Crippen LogP contribution in [0.4, 0.5) is 11.5 Å². The standard InChI is InChI=1S/C29H37I2N5O2/c1-35(15-7-3-5-14-34-28(37)20-23-18-25(30)29(32)26(31)19-23)16-17-36(27-8-4-6-13-33-27)21-22-9-11-24(38-2)12-10-22/h4,6,8-13,18-19H,3,5,7,14-17,20-21,32H2,1-2H3,(H,34,37).